The number of ether oxygens (including phenoxy) is 2. The van der Waals surface area contributed by atoms with Crippen LogP contribution in [0.2, 0.25) is 5.02 Å². The van der Waals surface area contributed by atoms with Gasteiger partial charge in [0.25, 0.3) is 0 Å². The average molecular weight is 562 g/mol. The summed E-state index contributed by atoms with van der Waals surface area (Å²) in [6.07, 6.45) is -0.756. The largest absolute Gasteiger partial charge is 0.478 e. The number of hydrogen-bond donors (Lipinski definition) is 1. The zero-order valence-electron chi connectivity index (χ0n) is 20.8. The molecule has 0 saturated carbocycles. The van der Waals surface area contributed by atoms with E-state index in [1.807, 2.05) is 6.92 Å². The van der Waals surface area contributed by atoms with Crippen molar-refractivity contribution < 1.29 is 32.5 Å². The number of anilines is 2. The van der Waals surface area contributed by atoms with Crippen LogP contribution in [0.1, 0.15) is 28.4 Å². The van der Waals surface area contributed by atoms with E-state index in [2.05, 4.69) is 15.2 Å². The molecule has 1 N–H and O–H groups in total. The summed E-state index contributed by atoms with van der Waals surface area (Å²) >= 11 is 6.03. The number of aromatic nitrogens is 4. The minimum absolute atomic E-state index is 0.0264. The molecule has 9 nitrogen and oxygen atoms in total. The van der Waals surface area contributed by atoms with Crippen molar-refractivity contribution in [2.45, 2.75) is 25.7 Å². The van der Waals surface area contributed by atoms with Gasteiger partial charge in [-0.2, -0.15) is 28.2 Å². The van der Waals surface area contributed by atoms with E-state index in [1.54, 1.807) is 29.2 Å². The molecule has 39 heavy (non-hydrogen) atoms. The Morgan fingerprint density at radius 1 is 1.13 bits per heavy atom. The van der Waals surface area contributed by atoms with Crippen LogP contribution in [-0.2, 0) is 17.5 Å². The second kappa shape index (κ2) is 11.7. The van der Waals surface area contributed by atoms with E-state index in [1.165, 1.54) is 42.6 Å². The number of halogens is 4. The maximum Gasteiger partial charge on any atom is 0.421 e. The van der Waals surface area contributed by atoms with Crippen LogP contribution in [0, 0.1) is 0 Å². The molecular formula is C26H23ClF3N5O4. The molecule has 2 aromatic carbocycles. The van der Waals surface area contributed by atoms with E-state index < -0.39 is 23.6 Å². The summed E-state index contributed by atoms with van der Waals surface area (Å²) in [7, 11) is 1.52. The second-order valence-corrected chi connectivity index (χ2v) is 8.93. The number of methoxy groups -OCH3 is 1. The number of rotatable bonds is 10. The molecule has 0 amide bonds. The molecule has 2 aromatic heterocycles. The lowest BCUT2D eigenvalue weighted by Gasteiger charge is -2.32. The van der Waals surface area contributed by atoms with Gasteiger partial charge >= 0.3 is 12.1 Å². The summed E-state index contributed by atoms with van der Waals surface area (Å²) < 4.78 is 52.4. The molecule has 0 radical (unpaired) electrons. The summed E-state index contributed by atoms with van der Waals surface area (Å²) in [5.74, 6) is -2.15. The molecule has 4 aromatic rings. The SMILES string of the molecule is COC[C@@H](C)N(c1ccc(Cl)cc1)c1ccc(Oc2ncc(Cn3nccn3)cc2C(F)(F)F)cc1C(=O)O. The zero-order valence-corrected chi connectivity index (χ0v) is 21.5. The molecule has 2 heterocycles. The highest BCUT2D eigenvalue weighted by molar-refractivity contribution is 6.30. The van der Waals surface area contributed by atoms with Crippen LogP contribution in [0.25, 0.3) is 0 Å². The molecule has 0 spiro atoms. The van der Waals surface area contributed by atoms with Gasteiger partial charge in [-0.15, -0.1) is 0 Å². The van der Waals surface area contributed by atoms with Crippen LogP contribution in [0.15, 0.2) is 67.1 Å². The Bertz CT molecular complexity index is 1430. The normalized spacial score (nSPS) is 12.3. The number of carboxylic acids is 1. The highest BCUT2D eigenvalue weighted by Gasteiger charge is 2.36. The Labute approximate surface area is 226 Å². The summed E-state index contributed by atoms with van der Waals surface area (Å²) in [5, 5.41) is 18.3. The molecule has 13 heteroatoms. The van der Waals surface area contributed by atoms with Gasteiger partial charge in [0.15, 0.2) is 0 Å². The Balaban J connectivity index is 1.72. The highest BCUT2D eigenvalue weighted by atomic mass is 35.5. The van der Waals surface area contributed by atoms with E-state index in [0.717, 1.165) is 12.1 Å². The summed E-state index contributed by atoms with van der Waals surface area (Å²) in [6.45, 7) is 2.08. The molecule has 0 aliphatic carbocycles. The maximum absolute atomic E-state index is 13.9. The van der Waals surface area contributed by atoms with Gasteiger partial charge in [0.2, 0.25) is 5.88 Å². The number of pyridine rings is 1. The predicted octanol–water partition coefficient (Wildman–Crippen LogP) is 6.06. The first-order chi connectivity index (χ1) is 18.6. The Hall–Kier alpha value is -4.16. The number of hydrogen-bond acceptors (Lipinski definition) is 7. The first-order valence-electron chi connectivity index (χ1n) is 11.6. The third kappa shape index (κ3) is 6.65. The monoisotopic (exact) mass is 561 g/mol. The first kappa shape index (κ1) is 27.9. The van der Waals surface area contributed by atoms with Crippen LogP contribution in [0.4, 0.5) is 24.5 Å². The van der Waals surface area contributed by atoms with Gasteiger partial charge in [0, 0.05) is 24.0 Å². The molecule has 0 aliphatic heterocycles. The number of nitrogens with zero attached hydrogens (tertiary/aromatic N) is 5. The topological polar surface area (TPSA) is 103 Å². The Morgan fingerprint density at radius 3 is 2.44 bits per heavy atom. The van der Waals surface area contributed by atoms with E-state index >= 15 is 0 Å². The van der Waals surface area contributed by atoms with Crippen molar-refractivity contribution in [3.63, 3.8) is 0 Å². The number of aromatic carboxylic acids is 1. The fraction of sp³-hybridized carbons (Fsp3) is 0.231. The van der Waals surface area contributed by atoms with E-state index in [0.29, 0.717) is 10.7 Å². The molecule has 4 rings (SSSR count). The summed E-state index contributed by atoms with van der Waals surface area (Å²) in [4.78, 5) is 19.1. The van der Waals surface area contributed by atoms with E-state index in [9.17, 15) is 23.1 Å². The average Bonchev–Trinajstić information content (AvgIpc) is 3.39. The van der Waals surface area contributed by atoms with Crippen LogP contribution in [0.3, 0.4) is 0 Å². The number of carboxylic acid groups (broad SMARTS) is 1. The zero-order chi connectivity index (χ0) is 28.2. The molecule has 0 aliphatic rings. The van der Waals surface area contributed by atoms with Crippen molar-refractivity contribution in [2.75, 3.05) is 18.6 Å². The first-order valence-corrected chi connectivity index (χ1v) is 11.9. The molecule has 0 unspecified atom stereocenters. The van der Waals surface area contributed by atoms with Gasteiger partial charge in [-0.25, -0.2) is 9.78 Å². The van der Waals surface area contributed by atoms with E-state index in [-0.39, 0.29) is 41.8 Å². The van der Waals surface area contributed by atoms with Crippen LogP contribution in [-0.4, -0.2) is 50.8 Å². The minimum atomic E-state index is -4.79. The van der Waals surface area contributed by atoms with Gasteiger partial charge in [-0.05, 0) is 61.0 Å². The number of benzene rings is 2. The lowest BCUT2D eigenvalue weighted by molar-refractivity contribution is -0.138. The Morgan fingerprint density at radius 2 is 1.82 bits per heavy atom. The summed E-state index contributed by atoms with van der Waals surface area (Å²) in [6, 6.07) is 11.4. The summed E-state index contributed by atoms with van der Waals surface area (Å²) in [5.41, 5.74) is -0.181. The van der Waals surface area contributed by atoms with Crippen molar-refractivity contribution in [2.24, 2.45) is 0 Å². The van der Waals surface area contributed by atoms with Crippen molar-refractivity contribution in [1.82, 2.24) is 20.0 Å². The van der Waals surface area contributed by atoms with Gasteiger partial charge in [0.1, 0.15) is 11.3 Å². The second-order valence-electron chi connectivity index (χ2n) is 8.49. The van der Waals surface area contributed by atoms with E-state index in [4.69, 9.17) is 21.1 Å². The van der Waals surface area contributed by atoms with Gasteiger partial charge in [0.05, 0.1) is 42.8 Å². The predicted molar refractivity (Wildman–Crippen MR) is 137 cm³/mol. The van der Waals surface area contributed by atoms with Crippen molar-refractivity contribution in [3.8, 4) is 11.6 Å². The molecule has 1 atom stereocenters. The third-order valence-electron chi connectivity index (χ3n) is 5.63. The lowest BCUT2D eigenvalue weighted by atomic mass is 10.1. The third-order valence-corrected chi connectivity index (χ3v) is 5.88. The molecule has 0 fully saturated rings. The highest BCUT2D eigenvalue weighted by Crippen LogP contribution is 2.39. The van der Waals surface area contributed by atoms with Gasteiger partial charge < -0.3 is 19.5 Å². The van der Waals surface area contributed by atoms with Crippen molar-refractivity contribution in [3.05, 3.63) is 88.8 Å². The fourth-order valence-corrected chi connectivity index (χ4v) is 4.10. The maximum atomic E-state index is 13.9. The number of carbonyl (C=O) groups is 1. The standard InChI is InChI=1S/C26H23ClF3N5O4/c1-16(15-38-2)35(19-5-3-18(27)4-6-19)23-8-7-20(12-21(23)25(36)37)39-24-22(26(28,29)30)11-17(13-31-24)14-34-32-9-10-33-34/h3-13,16H,14-15H2,1-2H3,(H,36,37)/t16-/m1/s1. The molecule has 204 valence electrons. The fourth-order valence-electron chi connectivity index (χ4n) is 3.97. The van der Waals surface area contributed by atoms with Crippen LogP contribution in [0.5, 0.6) is 11.6 Å². The van der Waals surface area contributed by atoms with Gasteiger partial charge in [-0.3, -0.25) is 0 Å². The smallest absolute Gasteiger partial charge is 0.421 e. The number of alkyl halides is 3. The lowest BCUT2D eigenvalue weighted by Crippen LogP contribution is -2.33. The van der Waals surface area contributed by atoms with Crippen LogP contribution < -0.4 is 9.64 Å². The van der Waals surface area contributed by atoms with Crippen molar-refractivity contribution >= 4 is 28.9 Å². The molecular weight excluding hydrogens is 539 g/mol. The molecule has 0 saturated heterocycles. The van der Waals surface area contributed by atoms with Crippen LogP contribution >= 0.6 is 11.6 Å². The van der Waals surface area contributed by atoms with Crippen molar-refractivity contribution in [1.29, 1.82) is 0 Å². The molecule has 0 bridgehead atoms. The van der Waals surface area contributed by atoms with Gasteiger partial charge in [-0.1, -0.05) is 11.6 Å². The quantitative estimate of drug-likeness (QED) is 0.249. The minimum Gasteiger partial charge on any atom is -0.478 e. The Kier molecular flexibility index (Phi) is 8.36.